The molecule has 1 fully saturated rings. The van der Waals surface area contributed by atoms with Crippen LogP contribution < -0.4 is 5.32 Å². The van der Waals surface area contributed by atoms with Crippen LogP contribution in [0.3, 0.4) is 0 Å². The zero-order chi connectivity index (χ0) is 13.4. The summed E-state index contributed by atoms with van der Waals surface area (Å²) in [4.78, 5) is 25.0. The van der Waals surface area contributed by atoms with Crippen LogP contribution in [-0.2, 0) is 14.3 Å². The van der Waals surface area contributed by atoms with E-state index in [0.717, 1.165) is 32.4 Å². The van der Waals surface area contributed by atoms with Crippen molar-refractivity contribution in [3.63, 3.8) is 0 Å². The lowest BCUT2D eigenvalue weighted by atomic mass is 9.93. The van der Waals surface area contributed by atoms with Gasteiger partial charge in [-0.05, 0) is 39.3 Å². The van der Waals surface area contributed by atoms with Crippen LogP contribution in [0.2, 0.25) is 0 Å². The minimum absolute atomic E-state index is 0.0624. The lowest BCUT2D eigenvalue weighted by molar-refractivity contribution is -0.123. The molecule has 0 spiro atoms. The number of nitrogens with one attached hydrogen (secondary N) is 1. The van der Waals surface area contributed by atoms with E-state index >= 15 is 0 Å². The molecule has 1 rings (SSSR count). The van der Waals surface area contributed by atoms with Crippen molar-refractivity contribution in [1.29, 1.82) is 0 Å². The van der Waals surface area contributed by atoms with Gasteiger partial charge < -0.3 is 10.1 Å². The third-order valence-electron chi connectivity index (χ3n) is 3.38. The predicted octanol–water partition coefficient (Wildman–Crippen LogP) is 0.440. The van der Waals surface area contributed by atoms with Gasteiger partial charge in [0, 0.05) is 26.2 Å². The highest BCUT2D eigenvalue weighted by Crippen LogP contribution is 2.17. The largest absolute Gasteiger partial charge is 0.385 e. The Morgan fingerprint density at radius 3 is 2.56 bits per heavy atom. The smallest absolute Gasteiger partial charge is 0.234 e. The van der Waals surface area contributed by atoms with Gasteiger partial charge in [-0.2, -0.15) is 0 Å². The average Bonchev–Trinajstić information content (AvgIpc) is 2.35. The molecule has 1 aliphatic rings. The fraction of sp³-hybridized carbons (Fsp3) is 0.846. The van der Waals surface area contributed by atoms with Crippen LogP contribution in [0.4, 0.5) is 0 Å². The van der Waals surface area contributed by atoms with Gasteiger partial charge in [-0.3, -0.25) is 14.5 Å². The van der Waals surface area contributed by atoms with Gasteiger partial charge in [0.25, 0.3) is 0 Å². The summed E-state index contributed by atoms with van der Waals surface area (Å²) in [6.45, 7) is 5.12. The molecule has 0 aromatic heterocycles. The van der Waals surface area contributed by atoms with Gasteiger partial charge >= 0.3 is 0 Å². The van der Waals surface area contributed by atoms with Gasteiger partial charge in [0.1, 0.15) is 5.78 Å². The molecule has 0 atom stereocenters. The van der Waals surface area contributed by atoms with E-state index in [2.05, 4.69) is 10.2 Å². The monoisotopic (exact) mass is 256 g/mol. The zero-order valence-electron chi connectivity index (χ0n) is 11.4. The second-order valence-corrected chi connectivity index (χ2v) is 4.86. The number of rotatable bonds is 7. The molecule has 0 aromatic carbocycles. The fourth-order valence-electron chi connectivity index (χ4n) is 2.20. The Morgan fingerprint density at radius 1 is 1.33 bits per heavy atom. The first-order valence-electron chi connectivity index (χ1n) is 6.62. The van der Waals surface area contributed by atoms with Crippen LogP contribution in [0.1, 0.15) is 26.2 Å². The molecular formula is C13H24N2O3. The lowest BCUT2D eigenvalue weighted by Gasteiger charge is -2.30. The molecule has 1 N–H and O–H groups in total. The summed E-state index contributed by atoms with van der Waals surface area (Å²) in [5.74, 6) is 0.539. The number of ether oxygens (including phenoxy) is 1. The summed E-state index contributed by atoms with van der Waals surface area (Å²) in [5.41, 5.74) is 0. The third kappa shape index (κ3) is 5.60. The number of nitrogens with zero attached hydrogens (tertiary/aromatic N) is 1. The van der Waals surface area contributed by atoms with E-state index in [1.165, 1.54) is 0 Å². The normalized spacial score (nSPS) is 17.7. The Bertz CT molecular complexity index is 273. The van der Waals surface area contributed by atoms with E-state index in [1.54, 1.807) is 14.0 Å². The maximum Gasteiger partial charge on any atom is 0.234 e. The van der Waals surface area contributed by atoms with Crippen molar-refractivity contribution < 1.29 is 14.3 Å². The average molecular weight is 256 g/mol. The SMILES string of the molecule is COCCCNC(=O)CN1CCC(C(C)=O)CC1. The highest BCUT2D eigenvalue weighted by Gasteiger charge is 2.23. The van der Waals surface area contributed by atoms with Gasteiger partial charge in [-0.15, -0.1) is 0 Å². The molecule has 0 aromatic rings. The first kappa shape index (κ1) is 15.1. The lowest BCUT2D eigenvalue weighted by Crippen LogP contribution is -2.42. The zero-order valence-corrected chi connectivity index (χ0v) is 11.4. The van der Waals surface area contributed by atoms with E-state index in [9.17, 15) is 9.59 Å². The van der Waals surface area contributed by atoms with E-state index in [4.69, 9.17) is 4.74 Å². The van der Waals surface area contributed by atoms with Crippen molar-refractivity contribution >= 4 is 11.7 Å². The molecule has 0 unspecified atom stereocenters. The van der Waals surface area contributed by atoms with Crippen molar-refractivity contribution in [1.82, 2.24) is 10.2 Å². The van der Waals surface area contributed by atoms with Crippen LogP contribution in [-0.4, -0.2) is 56.5 Å². The number of methoxy groups -OCH3 is 1. The summed E-state index contributed by atoms with van der Waals surface area (Å²) >= 11 is 0. The molecule has 0 aliphatic carbocycles. The first-order chi connectivity index (χ1) is 8.63. The van der Waals surface area contributed by atoms with Gasteiger partial charge in [0.15, 0.2) is 0 Å². The van der Waals surface area contributed by atoms with Crippen molar-refractivity contribution in [2.75, 3.05) is 39.9 Å². The van der Waals surface area contributed by atoms with E-state index in [0.29, 0.717) is 19.7 Å². The van der Waals surface area contributed by atoms with Crippen LogP contribution in [0, 0.1) is 5.92 Å². The minimum Gasteiger partial charge on any atom is -0.385 e. The molecule has 0 saturated carbocycles. The molecule has 1 heterocycles. The molecule has 18 heavy (non-hydrogen) atoms. The van der Waals surface area contributed by atoms with Gasteiger partial charge in [-0.25, -0.2) is 0 Å². The Morgan fingerprint density at radius 2 is 2.00 bits per heavy atom. The van der Waals surface area contributed by atoms with Crippen molar-refractivity contribution in [3.05, 3.63) is 0 Å². The highest BCUT2D eigenvalue weighted by atomic mass is 16.5. The molecule has 104 valence electrons. The third-order valence-corrected chi connectivity index (χ3v) is 3.38. The number of Topliss-reactive ketones (excluding diaryl/α,β-unsaturated/α-hetero) is 1. The molecule has 5 heteroatoms. The summed E-state index contributed by atoms with van der Waals surface area (Å²) in [5, 5.41) is 2.87. The fourth-order valence-corrected chi connectivity index (χ4v) is 2.20. The van der Waals surface area contributed by atoms with E-state index in [-0.39, 0.29) is 17.6 Å². The molecule has 0 radical (unpaired) electrons. The van der Waals surface area contributed by atoms with Gasteiger partial charge in [0.05, 0.1) is 6.54 Å². The summed E-state index contributed by atoms with van der Waals surface area (Å²) in [6.07, 6.45) is 2.60. The molecule has 1 amide bonds. The molecule has 1 saturated heterocycles. The molecule has 1 aliphatic heterocycles. The van der Waals surface area contributed by atoms with Crippen molar-refractivity contribution in [2.45, 2.75) is 26.2 Å². The Hall–Kier alpha value is -0.940. The number of piperidine rings is 1. The first-order valence-corrected chi connectivity index (χ1v) is 6.62. The number of amides is 1. The minimum atomic E-state index is 0.0624. The second kappa shape index (κ2) is 8.21. The van der Waals surface area contributed by atoms with Crippen molar-refractivity contribution in [2.24, 2.45) is 5.92 Å². The number of carbonyl (C=O) groups excluding carboxylic acids is 2. The van der Waals surface area contributed by atoms with Gasteiger partial charge in [-0.1, -0.05) is 0 Å². The Kier molecular flexibility index (Phi) is 6.90. The van der Waals surface area contributed by atoms with E-state index < -0.39 is 0 Å². The number of carbonyl (C=O) groups is 2. The quantitative estimate of drug-likeness (QED) is 0.672. The molecule has 5 nitrogen and oxygen atoms in total. The Labute approximate surface area is 109 Å². The summed E-state index contributed by atoms with van der Waals surface area (Å²) < 4.78 is 4.91. The summed E-state index contributed by atoms with van der Waals surface area (Å²) in [6, 6.07) is 0. The maximum atomic E-state index is 11.6. The number of likely N-dealkylation sites (tertiary alicyclic amines) is 1. The van der Waals surface area contributed by atoms with E-state index in [1.807, 2.05) is 0 Å². The second-order valence-electron chi connectivity index (χ2n) is 4.86. The van der Waals surface area contributed by atoms with Crippen molar-refractivity contribution in [3.8, 4) is 0 Å². The number of ketones is 1. The van der Waals surface area contributed by atoms with Crippen LogP contribution >= 0.6 is 0 Å². The van der Waals surface area contributed by atoms with Crippen LogP contribution in [0.5, 0.6) is 0 Å². The summed E-state index contributed by atoms with van der Waals surface area (Å²) in [7, 11) is 1.65. The van der Waals surface area contributed by atoms with Crippen LogP contribution in [0.25, 0.3) is 0 Å². The number of hydrogen-bond acceptors (Lipinski definition) is 4. The van der Waals surface area contributed by atoms with Crippen LogP contribution in [0.15, 0.2) is 0 Å². The standard InChI is InChI=1S/C13H24N2O3/c1-11(16)12-4-7-15(8-5-12)10-13(17)14-6-3-9-18-2/h12H,3-10H2,1-2H3,(H,14,17). The Balaban J connectivity index is 2.12. The molecular weight excluding hydrogens is 232 g/mol. The predicted molar refractivity (Wildman–Crippen MR) is 69.3 cm³/mol. The van der Waals surface area contributed by atoms with Gasteiger partial charge in [0.2, 0.25) is 5.91 Å². The molecule has 0 bridgehead atoms. The number of hydrogen-bond donors (Lipinski definition) is 1. The topological polar surface area (TPSA) is 58.6 Å². The maximum absolute atomic E-state index is 11.6. The highest BCUT2D eigenvalue weighted by molar-refractivity contribution is 5.79.